The quantitative estimate of drug-likeness (QED) is 0.827. The third-order valence-corrected chi connectivity index (χ3v) is 3.52. The molecule has 106 valence electrons. The van der Waals surface area contributed by atoms with Gasteiger partial charge >= 0.3 is 0 Å². The van der Waals surface area contributed by atoms with Gasteiger partial charge in [0.2, 0.25) is 0 Å². The van der Waals surface area contributed by atoms with Crippen LogP contribution in [0.1, 0.15) is 45.1 Å². The largest absolute Gasteiger partial charge is 0.368 e. The van der Waals surface area contributed by atoms with Crippen molar-refractivity contribution >= 4 is 11.7 Å². The van der Waals surface area contributed by atoms with Crippen molar-refractivity contribution in [3.05, 3.63) is 17.8 Å². The fourth-order valence-corrected chi connectivity index (χ4v) is 1.32. The summed E-state index contributed by atoms with van der Waals surface area (Å²) in [5.74, 6) is 1.08. The van der Waals surface area contributed by atoms with E-state index in [0.717, 1.165) is 6.54 Å². The zero-order chi connectivity index (χ0) is 14.5. The SMILES string of the molecule is CCNC(=O)c1ccc(NCC(C)(C)C(C)C)nn1. The number of rotatable bonds is 6. The first-order chi connectivity index (χ1) is 8.86. The number of nitrogens with one attached hydrogen (secondary N) is 2. The Morgan fingerprint density at radius 3 is 2.47 bits per heavy atom. The molecule has 1 aromatic rings. The van der Waals surface area contributed by atoms with Crippen LogP contribution >= 0.6 is 0 Å². The lowest BCUT2D eigenvalue weighted by atomic mass is 9.81. The molecule has 0 aliphatic heterocycles. The van der Waals surface area contributed by atoms with Gasteiger partial charge in [-0.3, -0.25) is 4.79 Å². The van der Waals surface area contributed by atoms with Crippen LogP contribution in [0.5, 0.6) is 0 Å². The molecular weight excluding hydrogens is 240 g/mol. The molecule has 19 heavy (non-hydrogen) atoms. The Kier molecular flexibility index (Phi) is 5.27. The van der Waals surface area contributed by atoms with E-state index in [-0.39, 0.29) is 11.3 Å². The average molecular weight is 264 g/mol. The molecule has 0 aliphatic carbocycles. The predicted octanol–water partition coefficient (Wildman–Crippen LogP) is 2.32. The second-order valence-corrected chi connectivity index (χ2v) is 5.66. The molecule has 1 rings (SSSR count). The summed E-state index contributed by atoms with van der Waals surface area (Å²) in [7, 11) is 0. The summed E-state index contributed by atoms with van der Waals surface area (Å²) in [5, 5.41) is 13.9. The Bertz CT molecular complexity index is 412. The topological polar surface area (TPSA) is 66.9 Å². The van der Waals surface area contributed by atoms with Crippen LogP contribution in [-0.4, -0.2) is 29.2 Å². The first kappa shape index (κ1) is 15.4. The number of aromatic nitrogens is 2. The first-order valence-corrected chi connectivity index (χ1v) is 6.72. The second-order valence-electron chi connectivity index (χ2n) is 5.66. The van der Waals surface area contributed by atoms with Crippen LogP contribution in [0.4, 0.5) is 5.82 Å². The summed E-state index contributed by atoms with van der Waals surface area (Å²) >= 11 is 0. The fraction of sp³-hybridized carbons (Fsp3) is 0.643. The van der Waals surface area contributed by atoms with Crippen molar-refractivity contribution in [3.8, 4) is 0 Å². The average Bonchev–Trinajstić information content (AvgIpc) is 2.37. The Balaban J connectivity index is 2.60. The van der Waals surface area contributed by atoms with Gasteiger partial charge in [0.25, 0.3) is 5.91 Å². The van der Waals surface area contributed by atoms with Crippen LogP contribution < -0.4 is 10.6 Å². The van der Waals surface area contributed by atoms with E-state index in [1.165, 1.54) is 0 Å². The van der Waals surface area contributed by atoms with Gasteiger partial charge in [0.05, 0.1) is 0 Å². The summed E-state index contributed by atoms with van der Waals surface area (Å²) in [4.78, 5) is 11.5. The maximum atomic E-state index is 11.5. The van der Waals surface area contributed by atoms with Gasteiger partial charge in [-0.15, -0.1) is 10.2 Å². The van der Waals surface area contributed by atoms with Gasteiger partial charge < -0.3 is 10.6 Å². The van der Waals surface area contributed by atoms with Crippen molar-refractivity contribution in [2.45, 2.75) is 34.6 Å². The number of hydrogen-bond acceptors (Lipinski definition) is 4. The lowest BCUT2D eigenvalue weighted by Gasteiger charge is -2.29. The minimum absolute atomic E-state index is 0.180. The van der Waals surface area contributed by atoms with E-state index in [2.05, 4.69) is 48.5 Å². The highest BCUT2D eigenvalue weighted by atomic mass is 16.1. The molecule has 2 N–H and O–H groups in total. The normalized spacial score (nSPS) is 11.5. The van der Waals surface area contributed by atoms with Crippen LogP contribution in [0.15, 0.2) is 12.1 Å². The Hall–Kier alpha value is -1.65. The number of hydrogen-bond donors (Lipinski definition) is 2. The molecular formula is C14H24N4O. The standard InChI is InChI=1S/C14H24N4O/c1-6-15-13(19)11-7-8-12(18-17-11)16-9-14(4,5)10(2)3/h7-8,10H,6,9H2,1-5H3,(H,15,19)(H,16,18). The molecule has 1 amide bonds. The van der Waals surface area contributed by atoms with Crippen molar-refractivity contribution in [3.63, 3.8) is 0 Å². The van der Waals surface area contributed by atoms with Crippen LogP contribution in [0.2, 0.25) is 0 Å². The van der Waals surface area contributed by atoms with Crippen molar-refractivity contribution in [1.29, 1.82) is 0 Å². The van der Waals surface area contributed by atoms with Crippen LogP contribution in [-0.2, 0) is 0 Å². The van der Waals surface area contributed by atoms with Crippen LogP contribution in [0.3, 0.4) is 0 Å². The van der Waals surface area contributed by atoms with Gasteiger partial charge in [0.15, 0.2) is 5.69 Å². The van der Waals surface area contributed by atoms with E-state index in [0.29, 0.717) is 24.0 Å². The summed E-state index contributed by atoms with van der Waals surface area (Å²) in [5.41, 5.74) is 0.524. The van der Waals surface area contributed by atoms with E-state index in [4.69, 9.17) is 0 Å². The fourth-order valence-electron chi connectivity index (χ4n) is 1.32. The van der Waals surface area contributed by atoms with Gasteiger partial charge in [-0.2, -0.15) is 0 Å². The molecule has 0 atom stereocenters. The Morgan fingerprint density at radius 1 is 1.32 bits per heavy atom. The van der Waals surface area contributed by atoms with Gasteiger partial charge in [-0.1, -0.05) is 27.7 Å². The molecule has 1 heterocycles. The molecule has 0 spiro atoms. The molecule has 0 saturated carbocycles. The highest BCUT2D eigenvalue weighted by molar-refractivity contribution is 5.92. The van der Waals surface area contributed by atoms with Gasteiger partial charge in [0, 0.05) is 13.1 Å². The van der Waals surface area contributed by atoms with Crippen molar-refractivity contribution in [2.75, 3.05) is 18.4 Å². The van der Waals surface area contributed by atoms with E-state index >= 15 is 0 Å². The zero-order valence-corrected chi connectivity index (χ0v) is 12.4. The van der Waals surface area contributed by atoms with Gasteiger partial charge in [-0.25, -0.2) is 0 Å². The number of anilines is 1. The maximum absolute atomic E-state index is 11.5. The molecule has 0 fully saturated rings. The van der Waals surface area contributed by atoms with E-state index in [1.54, 1.807) is 12.1 Å². The third kappa shape index (κ3) is 4.50. The molecule has 0 aliphatic rings. The number of carbonyl (C=O) groups is 1. The molecule has 0 radical (unpaired) electrons. The minimum atomic E-state index is -0.191. The van der Waals surface area contributed by atoms with Crippen molar-refractivity contribution < 1.29 is 4.79 Å². The van der Waals surface area contributed by atoms with Crippen LogP contribution in [0, 0.1) is 11.3 Å². The summed E-state index contributed by atoms with van der Waals surface area (Å²) in [6.07, 6.45) is 0. The molecule has 0 aromatic carbocycles. The van der Waals surface area contributed by atoms with E-state index < -0.39 is 0 Å². The number of carbonyl (C=O) groups excluding carboxylic acids is 1. The summed E-state index contributed by atoms with van der Waals surface area (Å²) in [6, 6.07) is 3.47. The minimum Gasteiger partial charge on any atom is -0.368 e. The molecule has 5 heteroatoms. The lowest BCUT2D eigenvalue weighted by molar-refractivity contribution is 0.0950. The lowest BCUT2D eigenvalue weighted by Crippen LogP contribution is -2.29. The Morgan fingerprint density at radius 2 is 2.00 bits per heavy atom. The monoisotopic (exact) mass is 264 g/mol. The van der Waals surface area contributed by atoms with Crippen molar-refractivity contribution in [1.82, 2.24) is 15.5 Å². The second kappa shape index (κ2) is 6.50. The Labute approximate surface area is 115 Å². The molecule has 5 nitrogen and oxygen atoms in total. The summed E-state index contributed by atoms with van der Waals surface area (Å²) in [6.45, 7) is 12.1. The zero-order valence-electron chi connectivity index (χ0n) is 12.4. The highest BCUT2D eigenvalue weighted by Gasteiger charge is 2.22. The van der Waals surface area contributed by atoms with Crippen LogP contribution in [0.25, 0.3) is 0 Å². The summed E-state index contributed by atoms with van der Waals surface area (Å²) < 4.78 is 0. The smallest absolute Gasteiger partial charge is 0.271 e. The van der Waals surface area contributed by atoms with Gasteiger partial charge in [0.1, 0.15) is 5.82 Å². The maximum Gasteiger partial charge on any atom is 0.271 e. The molecule has 1 aromatic heterocycles. The van der Waals surface area contributed by atoms with E-state index in [1.807, 2.05) is 6.92 Å². The molecule has 0 bridgehead atoms. The van der Waals surface area contributed by atoms with Crippen molar-refractivity contribution in [2.24, 2.45) is 11.3 Å². The molecule has 0 saturated heterocycles. The first-order valence-electron chi connectivity index (χ1n) is 6.72. The number of nitrogens with zero attached hydrogens (tertiary/aromatic N) is 2. The highest BCUT2D eigenvalue weighted by Crippen LogP contribution is 2.25. The predicted molar refractivity (Wildman–Crippen MR) is 77.1 cm³/mol. The number of amides is 1. The third-order valence-electron chi connectivity index (χ3n) is 3.52. The molecule has 0 unspecified atom stereocenters. The van der Waals surface area contributed by atoms with Gasteiger partial charge in [-0.05, 0) is 30.4 Å². The van der Waals surface area contributed by atoms with E-state index in [9.17, 15) is 4.79 Å².